The molecule has 1 aliphatic rings. The first kappa shape index (κ1) is 12.5. The number of rotatable bonds is 4. The van der Waals surface area contributed by atoms with Gasteiger partial charge in [-0.1, -0.05) is 18.1 Å². The summed E-state index contributed by atoms with van der Waals surface area (Å²) in [5, 5.41) is 16.0. The Labute approximate surface area is 104 Å². The molecule has 1 amide bonds. The smallest absolute Gasteiger partial charge is 0.325 e. The van der Waals surface area contributed by atoms with E-state index in [0.717, 1.165) is 30.4 Å². The third-order valence-electron chi connectivity index (χ3n) is 3.25. The van der Waals surface area contributed by atoms with Gasteiger partial charge < -0.3 is 10.0 Å². The quantitative estimate of drug-likeness (QED) is 0.836. The van der Waals surface area contributed by atoms with Crippen LogP contribution in [0.3, 0.4) is 0 Å². The Balaban J connectivity index is 2.03. The second-order valence-corrected chi connectivity index (χ2v) is 4.55. The average molecular weight is 252 g/mol. The van der Waals surface area contributed by atoms with Gasteiger partial charge in [0.2, 0.25) is 0 Å². The van der Waals surface area contributed by atoms with Gasteiger partial charge in [-0.2, -0.15) is 0 Å². The number of aliphatic carboxylic acids is 1. The van der Waals surface area contributed by atoms with Crippen LogP contribution in [0.5, 0.6) is 0 Å². The molecule has 0 spiro atoms. The Bertz CT molecular complexity index is 451. The minimum absolute atomic E-state index is 0.196. The maximum Gasteiger partial charge on any atom is 0.325 e. The van der Waals surface area contributed by atoms with Crippen LogP contribution in [0, 0.1) is 0 Å². The Kier molecular flexibility index (Phi) is 3.59. The van der Waals surface area contributed by atoms with Gasteiger partial charge in [0.1, 0.15) is 6.54 Å². The van der Waals surface area contributed by atoms with Gasteiger partial charge in [0.05, 0.1) is 6.20 Å². The number of nitrogens with zero attached hydrogens (tertiary/aromatic N) is 4. The van der Waals surface area contributed by atoms with Crippen molar-refractivity contribution in [1.82, 2.24) is 19.9 Å². The molecule has 0 aromatic carbocycles. The van der Waals surface area contributed by atoms with Crippen LogP contribution in [0.4, 0.5) is 0 Å². The number of carbonyl (C=O) groups excluding carboxylic acids is 1. The molecule has 98 valence electrons. The van der Waals surface area contributed by atoms with Crippen molar-refractivity contribution in [1.29, 1.82) is 0 Å². The summed E-state index contributed by atoms with van der Waals surface area (Å²) < 4.78 is 1.15. The number of carboxylic acids is 1. The van der Waals surface area contributed by atoms with E-state index in [1.165, 1.54) is 6.20 Å². The normalized spacial score (nSPS) is 15.8. The molecule has 0 aliphatic heterocycles. The van der Waals surface area contributed by atoms with Crippen LogP contribution in [0.25, 0.3) is 0 Å². The van der Waals surface area contributed by atoms with E-state index in [0.29, 0.717) is 0 Å². The molecule has 0 bridgehead atoms. The van der Waals surface area contributed by atoms with Crippen LogP contribution in [0.15, 0.2) is 6.20 Å². The molecule has 1 aliphatic carbocycles. The van der Waals surface area contributed by atoms with Crippen molar-refractivity contribution in [2.24, 2.45) is 0 Å². The second kappa shape index (κ2) is 5.16. The molecule has 1 aromatic rings. The van der Waals surface area contributed by atoms with E-state index in [-0.39, 0.29) is 24.2 Å². The molecule has 18 heavy (non-hydrogen) atoms. The van der Waals surface area contributed by atoms with E-state index >= 15 is 0 Å². The van der Waals surface area contributed by atoms with Crippen LogP contribution in [-0.2, 0) is 11.3 Å². The minimum atomic E-state index is -1.01. The van der Waals surface area contributed by atoms with Gasteiger partial charge in [-0.15, -0.1) is 5.10 Å². The molecule has 0 radical (unpaired) electrons. The van der Waals surface area contributed by atoms with Crippen LogP contribution < -0.4 is 0 Å². The number of amides is 1. The molecule has 1 heterocycles. The predicted molar refractivity (Wildman–Crippen MR) is 62.0 cm³/mol. The SMILES string of the molecule is CN(C(=O)c1cn(CC(=O)O)nn1)C1CCCC1. The summed E-state index contributed by atoms with van der Waals surface area (Å²) in [5.41, 5.74) is 0.200. The number of hydrogen-bond acceptors (Lipinski definition) is 4. The first-order valence-corrected chi connectivity index (χ1v) is 5.97. The molecule has 7 heteroatoms. The summed E-state index contributed by atoms with van der Waals surface area (Å²) in [6.07, 6.45) is 5.71. The molecule has 0 unspecified atom stereocenters. The first-order chi connectivity index (χ1) is 8.58. The highest BCUT2D eigenvalue weighted by Crippen LogP contribution is 2.23. The van der Waals surface area contributed by atoms with E-state index in [1.54, 1.807) is 11.9 Å². The number of carboxylic acid groups (broad SMARTS) is 1. The molecule has 0 saturated heterocycles. The Morgan fingerprint density at radius 1 is 1.50 bits per heavy atom. The molecule has 7 nitrogen and oxygen atoms in total. The molecule has 1 aromatic heterocycles. The van der Waals surface area contributed by atoms with Crippen molar-refractivity contribution in [3.05, 3.63) is 11.9 Å². The third kappa shape index (κ3) is 2.66. The van der Waals surface area contributed by atoms with Crippen LogP contribution in [0.2, 0.25) is 0 Å². The van der Waals surface area contributed by atoms with Gasteiger partial charge in [0.25, 0.3) is 5.91 Å². The fraction of sp³-hybridized carbons (Fsp3) is 0.636. The summed E-state index contributed by atoms with van der Waals surface area (Å²) in [4.78, 5) is 24.3. The van der Waals surface area contributed by atoms with Gasteiger partial charge in [0, 0.05) is 13.1 Å². The zero-order valence-electron chi connectivity index (χ0n) is 10.2. The van der Waals surface area contributed by atoms with E-state index < -0.39 is 5.97 Å². The van der Waals surface area contributed by atoms with Crippen molar-refractivity contribution in [3.8, 4) is 0 Å². The lowest BCUT2D eigenvalue weighted by atomic mass is 10.2. The monoisotopic (exact) mass is 252 g/mol. The van der Waals surface area contributed by atoms with Gasteiger partial charge in [-0.25, -0.2) is 4.68 Å². The highest BCUT2D eigenvalue weighted by atomic mass is 16.4. The minimum Gasteiger partial charge on any atom is -0.480 e. The van der Waals surface area contributed by atoms with E-state index in [2.05, 4.69) is 10.3 Å². The Morgan fingerprint density at radius 2 is 2.17 bits per heavy atom. The molecule has 1 fully saturated rings. The zero-order valence-corrected chi connectivity index (χ0v) is 10.2. The summed E-state index contributed by atoms with van der Waals surface area (Å²) >= 11 is 0. The molecule has 0 atom stereocenters. The fourth-order valence-electron chi connectivity index (χ4n) is 2.25. The molecular weight excluding hydrogens is 236 g/mol. The van der Waals surface area contributed by atoms with Crippen molar-refractivity contribution >= 4 is 11.9 Å². The summed E-state index contributed by atoms with van der Waals surface area (Å²) in [6, 6.07) is 0.266. The first-order valence-electron chi connectivity index (χ1n) is 5.97. The highest BCUT2D eigenvalue weighted by molar-refractivity contribution is 5.92. The Hall–Kier alpha value is -1.92. The Morgan fingerprint density at radius 3 is 2.78 bits per heavy atom. The zero-order chi connectivity index (χ0) is 13.1. The van der Waals surface area contributed by atoms with Gasteiger partial charge in [-0.05, 0) is 12.8 Å². The number of aromatic nitrogens is 3. The maximum absolute atomic E-state index is 12.1. The predicted octanol–water partition coefficient (Wildman–Crippen LogP) is 0.377. The van der Waals surface area contributed by atoms with Gasteiger partial charge in [0.15, 0.2) is 5.69 Å². The lowest BCUT2D eigenvalue weighted by Crippen LogP contribution is -2.35. The van der Waals surface area contributed by atoms with E-state index in [1.807, 2.05) is 0 Å². The lowest BCUT2D eigenvalue weighted by Gasteiger charge is -2.22. The van der Waals surface area contributed by atoms with Crippen LogP contribution >= 0.6 is 0 Å². The van der Waals surface area contributed by atoms with E-state index in [4.69, 9.17) is 5.11 Å². The molecule has 1 saturated carbocycles. The third-order valence-corrected chi connectivity index (χ3v) is 3.25. The summed E-state index contributed by atoms with van der Waals surface area (Å²) in [6.45, 7) is -0.284. The van der Waals surface area contributed by atoms with Crippen molar-refractivity contribution < 1.29 is 14.7 Å². The summed E-state index contributed by atoms with van der Waals surface area (Å²) in [5.74, 6) is -1.21. The van der Waals surface area contributed by atoms with Gasteiger partial charge in [-0.3, -0.25) is 9.59 Å². The number of carbonyl (C=O) groups is 2. The average Bonchev–Trinajstić information content (AvgIpc) is 2.96. The molecule has 1 N–H and O–H groups in total. The number of hydrogen-bond donors (Lipinski definition) is 1. The topological polar surface area (TPSA) is 88.3 Å². The van der Waals surface area contributed by atoms with Crippen LogP contribution in [0.1, 0.15) is 36.2 Å². The fourth-order valence-corrected chi connectivity index (χ4v) is 2.25. The van der Waals surface area contributed by atoms with Crippen molar-refractivity contribution in [2.45, 2.75) is 38.3 Å². The van der Waals surface area contributed by atoms with Gasteiger partial charge >= 0.3 is 5.97 Å². The highest BCUT2D eigenvalue weighted by Gasteiger charge is 2.25. The standard InChI is InChI=1S/C11H16N4O3/c1-14(8-4-2-3-5-8)11(18)9-6-15(13-12-9)7-10(16)17/h6,8H,2-5,7H2,1H3,(H,16,17). The lowest BCUT2D eigenvalue weighted by molar-refractivity contribution is -0.137. The van der Waals surface area contributed by atoms with Crippen LogP contribution in [-0.4, -0.2) is 50.0 Å². The maximum atomic E-state index is 12.1. The van der Waals surface area contributed by atoms with E-state index in [9.17, 15) is 9.59 Å². The van der Waals surface area contributed by atoms with Crippen molar-refractivity contribution in [2.75, 3.05) is 7.05 Å². The second-order valence-electron chi connectivity index (χ2n) is 4.55. The molecule has 2 rings (SSSR count). The molecular formula is C11H16N4O3. The van der Waals surface area contributed by atoms with Crippen molar-refractivity contribution in [3.63, 3.8) is 0 Å². The largest absolute Gasteiger partial charge is 0.480 e. The summed E-state index contributed by atoms with van der Waals surface area (Å²) in [7, 11) is 1.76.